The number of rotatable bonds is 10. The highest BCUT2D eigenvalue weighted by atomic mass is 32.2. The van der Waals surface area contributed by atoms with Gasteiger partial charge in [0.2, 0.25) is 0 Å². The molecule has 7 heteroatoms. The van der Waals surface area contributed by atoms with Gasteiger partial charge < -0.3 is 14.2 Å². The van der Waals surface area contributed by atoms with Crippen LogP contribution in [0.3, 0.4) is 0 Å². The van der Waals surface area contributed by atoms with Gasteiger partial charge in [0, 0.05) is 0 Å². The van der Waals surface area contributed by atoms with Gasteiger partial charge in [-0.3, -0.25) is 9.69 Å². The third kappa shape index (κ3) is 6.09. The number of thioether (sulfide) groups is 1. The van der Waals surface area contributed by atoms with Gasteiger partial charge in [-0.2, -0.15) is 0 Å². The van der Waals surface area contributed by atoms with E-state index in [-0.39, 0.29) is 5.91 Å². The lowest BCUT2D eigenvalue weighted by molar-refractivity contribution is -0.113. The quantitative estimate of drug-likeness (QED) is 0.162. The van der Waals surface area contributed by atoms with Crippen molar-refractivity contribution in [2.24, 2.45) is 0 Å². The fourth-order valence-corrected chi connectivity index (χ4v) is 5.05. The lowest BCUT2D eigenvalue weighted by atomic mass is 9.99. The Balaban J connectivity index is 1.36. The highest BCUT2D eigenvalue weighted by Crippen LogP contribution is 2.37. The zero-order valence-corrected chi connectivity index (χ0v) is 22.2. The lowest BCUT2D eigenvalue weighted by Gasteiger charge is -2.14. The summed E-state index contributed by atoms with van der Waals surface area (Å²) in [5.41, 5.74) is 2.90. The summed E-state index contributed by atoms with van der Waals surface area (Å²) >= 11 is 6.74. The van der Waals surface area contributed by atoms with Gasteiger partial charge in [0.05, 0.1) is 17.7 Å². The van der Waals surface area contributed by atoms with Crippen LogP contribution in [0.2, 0.25) is 0 Å². The van der Waals surface area contributed by atoms with Gasteiger partial charge in [0.15, 0.2) is 15.8 Å². The average Bonchev–Trinajstić information content (AvgIpc) is 3.19. The van der Waals surface area contributed by atoms with Crippen molar-refractivity contribution in [3.05, 3.63) is 88.8 Å². The Labute approximate surface area is 222 Å². The Morgan fingerprint density at radius 1 is 0.972 bits per heavy atom. The van der Waals surface area contributed by atoms with E-state index < -0.39 is 0 Å². The molecule has 1 atom stereocenters. The van der Waals surface area contributed by atoms with Crippen molar-refractivity contribution in [2.45, 2.75) is 26.2 Å². The number of thiocarbonyl (C=S) groups is 1. The van der Waals surface area contributed by atoms with E-state index in [2.05, 4.69) is 26.0 Å². The largest absolute Gasteiger partial charge is 0.493 e. The third-order valence-electron chi connectivity index (χ3n) is 5.96. The first-order valence-corrected chi connectivity index (χ1v) is 13.1. The van der Waals surface area contributed by atoms with Crippen LogP contribution < -0.4 is 19.1 Å². The number of methoxy groups -OCH3 is 1. The standard InChI is InChI=1S/C29H29NO4S2/c1-4-20(2)22-11-13-24(14-12-22)33-16-17-34-25-15-10-21(18-26(25)32-3)19-27-28(31)30(29(35)36-27)23-8-6-5-7-9-23/h5-15,18-20H,4,16-17H2,1-3H3. The van der Waals surface area contributed by atoms with Gasteiger partial charge >= 0.3 is 0 Å². The second-order valence-electron chi connectivity index (χ2n) is 8.34. The molecule has 3 aromatic carbocycles. The molecule has 3 aromatic rings. The number of ether oxygens (including phenoxy) is 3. The molecule has 0 aromatic heterocycles. The first-order valence-electron chi connectivity index (χ1n) is 11.9. The summed E-state index contributed by atoms with van der Waals surface area (Å²) in [6.45, 7) is 5.19. The lowest BCUT2D eigenvalue weighted by Crippen LogP contribution is -2.27. The Kier molecular flexibility index (Phi) is 8.67. The number of nitrogens with zero attached hydrogens (tertiary/aromatic N) is 1. The zero-order chi connectivity index (χ0) is 25.5. The molecule has 0 spiro atoms. The van der Waals surface area contributed by atoms with Crippen molar-refractivity contribution in [2.75, 3.05) is 25.2 Å². The number of hydrogen-bond donors (Lipinski definition) is 0. The zero-order valence-electron chi connectivity index (χ0n) is 20.6. The molecule has 1 aliphatic rings. The smallest absolute Gasteiger partial charge is 0.270 e. The van der Waals surface area contributed by atoms with E-state index in [0.29, 0.717) is 39.9 Å². The molecule has 1 heterocycles. The summed E-state index contributed by atoms with van der Waals surface area (Å²) in [5.74, 6) is 2.42. The van der Waals surface area contributed by atoms with Crippen LogP contribution in [0, 0.1) is 0 Å². The summed E-state index contributed by atoms with van der Waals surface area (Å²) < 4.78 is 17.8. The Hall–Kier alpha value is -3.29. The monoisotopic (exact) mass is 519 g/mol. The van der Waals surface area contributed by atoms with E-state index >= 15 is 0 Å². The van der Waals surface area contributed by atoms with Gasteiger partial charge in [-0.25, -0.2) is 0 Å². The minimum Gasteiger partial charge on any atom is -0.493 e. The van der Waals surface area contributed by atoms with Crippen LogP contribution in [-0.2, 0) is 4.79 Å². The van der Waals surface area contributed by atoms with Crippen molar-refractivity contribution < 1.29 is 19.0 Å². The molecule has 0 radical (unpaired) electrons. The summed E-state index contributed by atoms with van der Waals surface area (Å²) in [5, 5.41) is 0. The molecule has 1 aliphatic heterocycles. The second kappa shape index (κ2) is 12.1. The molecule has 186 valence electrons. The van der Waals surface area contributed by atoms with Gasteiger partial charge in [-0.15, -0.1) is 0 Å². The van der Waals surface area contributed by atoms with Crippen LogP contribution in [0.15, 0.2) is 77.7 Å². The van der Waals surface area contributed by atoms with Crippen molar-refractivity contribution in [1.82, 2.24) is 0 Å². The van der Waals surface area contributed by atoms with E-state index in [1.54, 1.807) is 12.0 Å². The predicted octanol–water partition coefficient (Wildman–Crippen LogP) is 7.07. The van der Waals surface area contributed by atoms with Crippen LogP contribution in [0.4, 0.5) is 5.69 Å². The number of hydrogen-bond acceptors (Lipinski definition) is 6. The molecule has 0 saturated carbocycles. The number of anilines is 1. The molecule has 0 aliphatic carbocycles. The first-order chi connectivity index (χ1) is 17.5. The maximum atomic E-state index is 13.0. The van der Waals surface area contributed by atoms with Crippen LogP contribution in [-0.4, -0.2) is 30.6 Å². The van der Waals surface area contributed by atoms with Crippen molar-refractivity contribution in [3.8, 4) is 17.2 Å². The number of amides is 1. The summed E-state index contributed by atoms with van der Waals surface area (Å²) in [6.07, 6.45) is 2.93. The Bertz CT molecular complexity index is 1240. The molecular weight excluding hydrogens is 490 g/mol. The molecule has 1 amide bonds. The van der Waals surface area contributed by atoms with Crippen molar-refractivity contribution in [1.29, 1.82) is 0 Å². The molecule has 1 fully saturated rings. The number of carbonyl (C=O) groups excluding carboxylic acids is 1. The third-order valence-corrected chi connectivity index (χ3v) is 7.27. The van der Waals surface area contributed by atoms with Crippen LogP contribution in [0.1, 0.15) is 37.3 Å². The second-order valence-corrected chi connectivity index (χ2v) is 10.0. The molecule has 0 N–H and O–H groups in total. The number of carbonyl (C=O) groups is 1. The minimum atomic E-state index is -0.134. The van der Waals surface area contributed by atoms with E-state index in [1.807, 2.05) is 66.7 Å². The summed E-state index contributed by atoms with van der Waals surface area (Å²) in [4.78, 5) is 15.1. The van der Waals surface area contributed by atoms with E-state index in [9.17, 15) is 4.79 Å². The molecule has 36 heavy (non-hydrogen) atoms. The number of para-hydroxylation sites is 1. The normalized spacial score (nSPS) is 15.3. The summed E-state index contributed by atoms with van der Waals surface area (Å²) in [7, 11) is 1.59. The Morgan fingerprint density at radius 3 is 2.39 bits per heavy atom. The summed E-state index contributed by atoms with van der Waals surface area (Å²) in [6, 6.07) is 23.2. The van der Waals surface area contributed by atoms with E-state index in [0.717, 1.165) is 23.4 Å². The molecule has 0 bridgehead atoms. The predicted molar refractivity (Wildman–Crippen MR) is 151 cm³/mol. The first kappa shape index (κ1) is 25.8. The minimum absolute atomic E-state index is 0.134. The van der Waals surface area contributed by atoms with Crippen molar-refractivity contribution in [3.63, 3.8) is 0 Å². The van der Waals surface area contributed by atoms with Gasteiger partial charge in [-0.05, 0) is 65.9 Å². The van der Waals surface area contributed by atoms with Gasteiger partial charge in [0.1, 0.15) is 19.0 Å². The van der Waals surface area contributed by atoms with Gasteiger partial charge in [-0.1, -0.05) is 74.2 Å². The molecule has 1 saturated heterocycles. The SMILES string of the molecule is CCC(C)c1ccc(OCCOc2ccc(C=C3SC(=S)N(c4ccccc4)C3=O)cc2OC)cc1. The maximum Gasteiger partial charge on any atom is 0.270 e. The van der Waals surface area contributed by atoms with Crippen LogP contribution >= 0.6 is 24.0 Å². The van der Waals surface area contributed by atoms with Crippen molar-refractivity contribution >= 4 is 46.0 Å². The van der Waals surface area contributed by atoms with Gasteiger partial charge in [0.25, 0.3) is 5.91 Å². The van der Waals surface area contributed by atoms with Crippen LogP contribution in [0.25, 0.3) is 6.08 Å². The maximum absolute atomic E-state index is 13.0. The average molecular weight is 520 g/mol. The highest BCUT2D eigenvalue weighted by Gasteiger charge is 2.33. The topological polar surface area (TPSA) is 48.0 Å². The fraction of sp³-hybridized carbons (Fsp3) is 0.241. The van der Waals surface area contributed by atoms with E-state index in [4.69, 9.17) is 26.4 Å². The van der Waals surface area contributed by atoms with Crippen LogP contribution in [0.5, 0.6) is 17.2 Å². The highest BCUT2D eigenvalue weighted by molar-refractivity contribution is 8.27. The Morgan fingerprint density at radius 2 is 1.69 bits per heavy atom. The molecule has 4 rings (SSSR count). The molecule has 1 unspecified atom stereocenters. The number of benzene rings is 3. The molecule has 5 nitrogen and oxygen atoms in total. The van der Waals surface area contributed by atoms with E-state index in [1.165, 1.54) is 17.3 Å². The molecular formula is C29H29NO4S2. The fourth-order valence-electron chi connectivity index (χ4n) is 3.75.